The lowest BCUT2D eigenvalue weighted by molar-refractivity contribution is 0.205. The Balaban J connectivity index is 1.79. The molecule has 0 spiro atoms. The summed E-state index contributed by atoms with van der Waals surface area (Å²) >= 11 is 0. The Kier molecular flexibility index (Phi) is 3.69. The number of pyridine rings is 1. The summed E-state index contributed by atoms with van der Waals surface area (Å²) < 4.78 is 2.21. The minimum Gasteiger partial charge on any atom is -0.383 e. The number of anilines is 1. The highest BCUT2D eigenvalue weighted by Crippen LogP contribution is 2.26. The van der Waals surface area contributed by atoms with Crippen LogP contribution in [-0.4, -0.2) is 39.6 Å². The summed E-state index contributed by atoms with van der Waals surface area (Å²) in [5.41, 5.74) is 8.01. The molecule has 0 aromatic carbocycles. The first-order chi connectivity index (χ1) is 9.74. The Morgan fingerprint density at radius 2 is 2.15 bits per heavy atom. The van der Waals surface area contributed by atoms with Gasteiger partial charge < -0.3 is 15.2 Å². The summed E-state index contributed by atoms with van der Waals surface area (Å²) in [6.07, 6.45) is 7.99. The second kappa shape index (κ2) is 5.63. The lowest BCUT2D eigenvalue weighted by Crippen LogP contribution is -2.31. The van der Waals surface area contributed by atoms with E-state index in [1.54, 1.807) is 6.20 Å². The highest BCUT2D eigenvalue weighted by molar-refractivity contribution is 5.70. The van der Waals surface area contributed by atoms with E-state index in [0.717, 1.165) is 23.7 Å². The molecule has 0 bridgehead atoms. The molecule has 3 heterocycles. The number of imidazole rings is 1. The molecule has 1 aliphatic rings. The fourth-order valence-electron chi connectivity index (χ4n) is 2.85. The molecule has 0 aliphatic carbocycles. The Hall–Kier alpha value is -1.88. The van der Waals surface area contributed by atoms with Crippen molar-refractivity contribution < 1.29 is 0 Å². The van der Waals surface area contributed by atoms with Crippen LogP contribution in [0.4, 0.5) is 5.82 Å². The van der Waals surface area contributed by atoms with Crippen LogP contribution in [0.5, 0.6) is 0 Å². The first-order valence-electron chi connectivity index (χ1n) is 7.13. The van der Waals surface area contributed by atoms with Crippen molar-refractivity contribution in [3.8, 4) is 11.3 Å². The van der Waals surface area contributed by atoms with Crippen molar-refractivity contribution >= 4 is 5.82 Å². The number of nitrogen functional groups attached to an aromatic ring is 1. The minimum atomic E-state index is 0.567. The molecule has 1 aliphatic heterocycles. The normalized spacial score (nSPS) is 17.4. The van der Waals surface area contributed by atoms with Gasteiger partial charge in [-0.1, -0.05) is 0 Å². The zero-order valence-electron chi connectivity index (χ0n) is 11.9. The Morgan fingerprint density at radius 1 is 1.35 bits per heavy atom. The van der Waals surface area contributed by atoms with Gasteiger partial charge in [0.05, 0.1) is 18.2 Å². The predicted molar refractivity (Wildman–Crippen MR) is 80.1 cm³/mol. The average molecular weight is 271 g/mol. The number of hydrogen-bond donors (Lipinski definition) is 1. The van der Waals surface area contributed by atoms with Crippen molar-refractivity contribution in [2.24, 2.45) is 5.92 Å². The summed E-state index contributed by atoms with van der Waals surface area (Å²) in [7, 11) is 2.19. The minimum absolute atomic E-state index is 0.567. The molecule has 5 nitrogen and oxygen atoms in total. The van der Waals surface area contributed by atoms with Gasteiger partial charge in [0.15, 0.2) is 0 Å². The van der Waals surface area contributed by atoms with E-state index in [1.807, 2.05) is 24.7 Å². The Labute approximate surface area is 119 Å². The van der Waals surface area contributed by atoms with E-state index >= 15 is 0 Å². The van der Waals surface area contributed by atoms with Crippen molar-refractivity contribution in [2.75, 3.05) is 25.9 Å². The first-order valence-corrected chi connectivity index (χ1v) is 7.13. The second-order valence-electron chi connectivity index (χ2n) is 5.61. The summed E-state index contributed by atoms with van der Waals surface area (Å²) in [6, 6.07) is 3.92. The van der Waals surface area contributed by atoms with Gasteiger partial charge in [0.2, 0.25) is 0 Å². The van der Waals surface area contributed by atoms with Gasteiger partial charge in [0.1, 0.15) is 5.82 Å². The summed E-state index contributed by atoms with van der Waals surface area (Å²) in [5.74, 6) is 1.29. The number of nitrogens with zero attached hydrogens (tertiary/aromatic N) is 4. The predicted octanol–water partition coefficient (Wildman–Crippen LogP) is 1.87. The fourth-order valence-corrected chi connectivity index (χ4v) is 2.85. The maximum Gasteiger partial charge on any atom is 0.132 e. The first kappa shape index (κ1) is 13.1. The number of aromatic nitrogens is 3. The van der Waals surface area contributed by atoms with Crippen LogP contribution in [-0.2, 0) is 6.54 Å². The highest BCUT2D eigenvalue weighted by atomic mass is 15.1. The number of piperidine rings is 1. The van der Waals surface area contributed by atoms with Gasteiger partial charge in [-0.25, -0.2) is 9.97 Å². The molecule has 2 aromatic heterocycles. The quantitative estimate of drug-likeness (QED) is 0.926. The molecule has 1 fully saturated rings. The van der Waals surface area contributed by atoms with Crippen molar-refractivity contribution in [1.82, 2.24) is 19.4 Å². The van der Waals surface area contributed by atoms with Gasteiger partial charge in [0.25, 0.3) is 0 Å². The SMILES string of the molecule is CN1CCC(Cn2cncc2-c2cccnc2N)CC1. The van der Waals surface area contributed by atoms with Gasteiger partial charge >= 0.3 is 0 Å². The molecular weight excluding hydrogens is 250 g/mol. The smallest absolute Gasteiger partial charge is 0.132 e. The van der Waals surface area contributed by atoms with Crippen LogP contribution in [0.25, 0.3) is 11.3 Å². The molecule has 2 N–H and O–H groups in total. The van der Waals surface area contributed by atoms with Crippen molar-refractivity contribution in [3.63, 3.8) is 0 Å². The van der Waals surface area contributed by atoms with Gasteiger partial charge in [-0.05, 0) is 51.0 Å². The molecule has 0 atom stereocenters. The summed E-state index contributed by atoms with van der Waals surface area (Å²) in [5, 5.41) is 0. The van der Waals surface area contributed by atoms with E-state index in [0.29, 0.717) is 5.82 Å². The summed E-state index contributed by atoms with van der Waals surface area (Å²) in [4.78, 5) is 10.8. The zero-order chi connectivity index (χ0) is 13.9. The molecule has 1 saturated heterocycles. The number of rotatable bonds is 3. The molecular formula is C15H21N5. The molecule has 5 heteroatoms. The molecule has 2 aromatic rings. The van der Waals surface area contributed by atoms with Gasteiger partial charge in [-0.2, -0.15) is 0 Å². The maximum atomic E-state index is 5.97. The maximum absolute atomic E-state index is 5.97. The average Bonchev–Trinajstić information content (AvgIpc) is 2.90. The van der Waals surface area contributed by atoms with Gasteiger partial charge in [-0.15, -0.1) is 0 Å². The Bertz CT molecular complexity index is 569. The van der Waals surface area contributed by atoms with Crippen molar-refractivity contribution in [1.29, 1.82) is 0 Å². The number of nitrogens with two attached hydrogens (primary N) is 1. The third kappa shape index (κ3) is 2.67. The molecule has 0 radical (unpaired) electrons. The standard InChI is InChI=1S/C15H21N5/c1-19-7-4-12(5-8-19)10-20-11-17-9-14(20)13-3-2-6-18-15(13)16/h2-3,6,9,11-12H,4-5,7-8,10H2,1H3,(H2,16,18). The molecule has 106 valence electrons. The molecule has 0 unspecified atom stereocenters. The fraction of sp³-hybridized carbons (Fsp3) is 0.467. The van der Waals surface area contributed by atoms with E-state index in [9.17, 15) is 0 Å². The van der Waals surface area contributed by atoms with Crippen molar-refractivity contribution in [3.05, 3.63) is 30.9 Å². The van der Waals surface area contributed by atoms with E-state index < -0.39 is 0 Å². The largest absolute Gasteiger partial charge is 0.383 e. The lowest BCUT2D eigenvalue weighted by atomic mass is 9.97. The van der Waals surface area contributed by atoms with Crippen LogP contribution in [0, 0.1) is 5.92 Å². The monoisotopic (exact) mass is 271 g/mol. The third-order valence-corrected chi connectivity index (χ3v) is 4.12. The number of likely N-dealkylation sites (tertiary alicyclic amines) is 1. The van der Waals surface area contributed by atoms with E-state index in [-0.39, 0.29) is 0 Å². The van der Waals surface area contributed by atoms with Crippen LogP contribution in [0.15, 0.2) is 30.9 Å². The van der Waals surface area contributed by atoms with Crippen LogP contribution in [0.2, 0.25) is 0 Å². The highest BCUT2D eigenvalue weighted by Gasteiger charge is 2.18. The van der Waals surface area contributed by atoms with Crippen LogP contribution in [0.1, 0.15) is 12.8 Å². The molecule has 0 amide bonds. The van der Waals surface area contributed by atoms with Crippen LogP contribution in [0.3, 0.4) is 0 Å². The van der Waals surface area contributed by atoms with Gasteiger partial charge in [0, 0.05) is 18.3 Å². The molecule has 0 saturated carbocycles. The topological polar surface area (TPSA) is 60.0 Å². The molecule has 3 rings (SSSR count). The van der Waals surface area contributed by atoms with Crippen LogP contribution >= 0.6 is 0 Å². The second-order valence-corrected chi connectivity index (χ2v) is 5.61. The number of hydrogen-bond acceptors (Lipinski definition) is 4. The van der Waals surface area contributed by atoms with E-state index in [1.165, 1.54) is 25.9 Å². The Morgan fingerprint density at radius 3 is 2.90 bits per heavy atom. The van der Waals surface area contributed by atoms with E-state index in [2.05, 4.69) is 26.5 Å². The molecule has 20 heavy (non-hydrogen) atoms. The van der Waals surface area contributed by atoms with Crippen molar-refractivity contribution in [2.45, 2.75) is 19.4 Å². The van der Waals surface area contributed by atoms with E-state index in [4.69, 9.17) is 5.73 Å². The van der Waals surface area contributed by atoms with Crippen LogP contribution < -0.4 is 5.73 Å². The summed E-state index contributed by atoms with van der Waals surface area (Å²) in [6.45, 7) is 3.38. The third-order valence-electron chi connectivity index (χ3n) is 4.12. The zero-order valence-corrected chi connectivity index (χ0v) is 11.9. The van der Waals surface area contributed by atoms with Gasteiger partial charge in [-0.3, -0.25) is 0 Å². The lowest BCUT2D eigenvalue weighted by Gasteiger charge is -2.29.